The molecule has 0 unspecified atom stereocenters. The van der Waals surface area contributed by atoms with Crippen LogP contribution in [0, 0.1) is 12.7 Å². The van der Waals surface area contributed by atoms with Crippen LogP contribution in [0.2, 0.25) is 0 Å². The zero-order valence-electron chi connectivity index (χ0n) is 10.3. The Hall–Kier alpha value is -2.14. The number of nitrogens with two attached hydrogens (primary N) is 1. The van der Waals surface area contributed by atoms with E-state index in [0.29, 0.717) is 11.4 Å². The summed E-state index contributed by atoms with van der Waals surface area (Å²) in [6, 6.07) is 10.4. The van der Waals surface area contributed by atoms with Crippen LogP contribution in [-0.4, -0.2) is 4.98 Å². The summed E-state index contributed by atoms with van der Waals surface area (Å²) in [5, 5.41) is 3.85. The molecule has 96 valence electrons. The molecule has 0 atom stereocenters. The predicted molar refractivity (Wildman–Crippen MR) is 78.5 cm³/mol. The van der Waals surface area contributed by atoms with Crippen molar-refractivity contribution in [2.24, 2.45) is 0 Å². The van der Waals surface area contributed by atoms with Crippen LogP contribution in [0.1, 0.15) is 5.56 Å². The maximum atomic E-state index is 13.3. The van der Waals surface area contributed by atoms with E-state index < -0.39 is 0 Å². The first-order valence-electron chi connectivity index (χ1n) is 5.80. The number of benzene rings is 2. The van der Waals surface area contributed by atoms with Crippen LogP contribution in [0.4, 0.5) is 20.9 Å². The van der Waals surface area contributed by atoms with Gasteiger partial charge in [-0.3, -0.25) is 0 Å². The van der Waals surface area contributed by atoms with Crippen molar-refractivity contribution in [2.45, 2.75) is 6.92 Å². The molecule has 3 N–H and O–H groups in total. The average molecular weight is 273 g/mol. The molecule has 1 heterocycles. The highest BCUT2D eigenvalue weighted by Gasteiger charge is 2.05. The smallest absolute Gasteiger partial charge is 0.188 e. The van der Waals surface area contributed by atoms with Crippen LogP contribution in [-0.2, 0) is 0 Å². The van der Waals surface area contributed by atoms with Gasteiger partial charge >= 0.3 is 0 Å². The molecule has 0 radical (unpaired) electrons. The molecule has 0 aliphatic carbocycles. The third kappa shape index (κ3) is 2.51. The lowest BCUT2D eigenvalue weighted by molar-refractivity contribution is 0.627. The lowest BCUT2D eigenvalue weighted by atomic mass is 10.2. The van der Waals surface area contributed by atoms with Crippen molar-refractivity contribution in [1.82, 2.24) is 4.98 Å². The molecule has 19 heavy (non-hydrogen) atoms. The number of halogens is 1. The number of hydrogen-bond acceptors (Lipinski definition) is 4. The highest BCUT2D eigenvalue weighted by molar-refractivity contribution is 7.22. The Labute approximate surface area is 113 Å². The third-order valence-electron chi connectivity index (χ3n) is 2.71. The summed E-state index contributed by atoms with van der Waals surface area (Å²) in [4.78, 5) is 4.44. The molecule has 0 fully saturated rings. The fourth-order valence-corrected chi connectivity index (χ4v) is 2.86. The normalized spacial score (nSPS) is 10.8. The Bertz CT molecular complexity index is 731. The number of aryl methyl sites for hydroxylation is 1. The van der Waals surface area contributed by atoms with Crippen molar-refractivity contribution in [3.63, 3.8) is 0 Å². The van der Waals surface area contributed by atoms with Crippen LogP contribution in [0.3, 0.4) is 0 Å². The first-order chi connectivity index (χ1) is 9.10. The van der Waals surface area contributed by atoms with Crippen molar-refractivity contribution < 1.29 is 4.39 Å². The standard InChI is InChI=1S/C14H12FN3S/c1-8-4-9(15)6-11(5-8)17-14-18-12-3-2-10(16)7-13(12)19-14/h2-7H,16H2,1H3,(H,17,18). The summed E-state index contributed by atoms with van der Waals surface area (Å²) >= 11 is 1.49. The number of nitrogen functional groups attached to an aromatic ring is 1. The van der Waals surface area contributed by atoms with Gasteiger partial charge in [-0.2, -0.15) is 0 Å². The number of hydrogen-bond donors (Lipinski definition) is 2. The molecular weight excluding hydrogens is 261 g/mol. The third-order valence-corrected chi connectivity index (χ3v) is 3.64. The summed E-state index contributed by atoms with van der Waals surface area (Å²) in [5.41, 5.74) is 8.90. The van der Waals surface area contributed by atoms with E-state index in [9.17, 15) is 4.39 Å². The van der Waals surface area contributed by atoms with Gasteiger partial charge in [-0.05, 0) is 48.9 Å². The highest BCUT2D eigenvalue weighted by Crippen LogP contribution is 2.30. The van der Waals surface area contributed by atoms with Gasteiger partial charge in [-0.25, -0.2) is 9.37 Å². The van der Waals surface area contributed by atoms with Crippen LogP contribution < -0.4 is 11.1 Å². The van der Waals surface area contributed by atoms with Gasteiger partial charge in [0.15, 0.2) is 5.13 Å². The zero-order valence-corrected chi connectivity index (χ0v) is 11.1. The van der Waals surface area contributed by atoms with Crippen molar-refractivity contribution >= 4 is 38.1 Å². The molecule has 0 aliphatic rings. The van der Waals surface area contributed by atoms with E-state index in [-0.39, 0.29) is 5.82 Å². The Morgan fingerprint density at radius 1 is 1.21 bits per heavy atom. The second-order valence-corrected chi connectivity index (χ2v) is 5.42. The van der Waals surface area contributed by atoms with Gasteiger partial charge in [-0.15, -0.1) is 0 Å². The lowest BCUT2D eigenvalue weighted by Crippen LogP contribution is -1.91. The van der Waals surface area contributed by atoms with Crippen LogP contribution in [0.25, 0.3) is 10.2 Å². The van der Waals surface area contributed by atoms with Gasteiger partial charge in [0, 0.05) is 11.4 Å². The van der Waals surface area contributed by atoms with E-state index >= 15 is 0 Å². The molecule has 0 spiro atoms. The molecule has 0 saturated heterocycles. The predicted octanol–water partition coefficient (Wildman–Crippen LogP) is 4.07. The van der Waals surface area contributed by atoms with E-state index in [2.05, 4.69) is 10.3 Å². The Morgan fingerprint density at radius 2 is 2.05 bits per heavy atom. The SMILES string of the molecule is Cc1cc(F)cc(Nc2nc3ccc(N)cc3s2)c1. The molecule has 3 rings (SSSR count). The van der Waals surface area contributed by atoms with Crippen molar-refractivity contribution in [2.75, 3.05) is 11.1 Å². The highest BCUT2D eigenvalue weighted by atomic mass is 32.1. The molecule has 5 heteroatoms. The lowest BCUT2D eigenvalue weighted by Gasteiger charge is -2.03. The minimum atomic E-state index is -0.257. The van der Waals surface area contributed by atoms with E-state index in [1.807, 2.05) is 31.2 Å². The summed E-state index contributed by atoms with van der Waals surface area (Å²) in [6.45, 7) is 1.85. The van der Waals surface area contributed by atoms with Gasteiger partial charge < -0.3 is 11.1 Å². The number of nitrogens with one attached hydrogen (secondary N) is 1. The molecule has 3 aromatic rings. The topological polar surface area (TPSA) is 50.9 Å². The molecule has 0 saturated carbocycles. The average Bonchev–Trinajstić information content (AvgIpc) is 2.68. The van der Waals surface area contributed by atoms with Gasteiger partial charge in [0.25, 0.3) is 0 Å². The zero-order chi connectivity index (χ0) is 13.4. The van der Waals surface area contributed by atoms with E-state index in [4.69, 9.17) is 5.73 Å². The molecule has 0 bridgehead atoms. The number of fused-ring (bicyclic) bond motifs is 1. The summed E-state index contributed by atoms with van der Waals surface area (Å²) < 4.78 is 14.3. The van der Waals surface area contributed by atoms with E-state index in [1.165, 1.54) is 23.5 Å². The molecule has 1 aromatic heterocycles. The molecule has 3 nitrogen and oxygen atoms in total. The van der Waals surface area contributed by atoms with Crippen molar-refractivity contribution in [3.05, 3.63) is 47.8 Å². The molecule has 2 aromatic carbocycles. The van der Waals surface area contributed by atoms with Gasteiger partial charge in [0.1, 0.15) is 5.82 Å². The van der Waals surface area contributed by atoms with Crippen LogP contribution in [0.15, 0.2) is 36.4 Å². The summed E-state index contributed by atoms with van der Waals surface area (Å²) in [5.74, 6) is -0.257. The molecule has 0 amide bonds. The Balaban J connectivity index is 1.96. The second-order valence-electron chi connectivity index (χ2n) is 4.39. The first-order valence-corrected chi connectivity index (χ1v) is 6.62. The Kier molecular flexibility index (Phi) is 2.83. The van der Waals surface area contributed by atoms with Crippen LogP contribution >= 0.6 is 11.3 Å². The second kappa shape index (κ2) is 4.51. The maximum absolute atomic E-state index is 13.3. The number of rotatable bonds is 2. The maximum Gasteiger partial charge on any atom is 0.188 e. The minimum absolute atomic E-state index is 0.257. The largest absolute Gasteiger partial charge is 0.399 e. The van der Waals surface area contributed by atoms with E-state index in [0.717, 1.165) is 20.9 Å². The van der Waals surface area contributed by atoms with Gasteiger partial charge in [0.05, 0.1) is 10.2 Å². The molecule has 0 aliphatic heterocycles. The molecular formula is C14H12FN3S. The van der Waals surface area contributed by atoms with Crippen molar-refractivity contribution in [1.29, 1.82) is 0 Å². The van der Waals surface area contributed by atoms with E-state index in [1.54, 1.807) is 0 Å². The van der Waals surface area contributed by atoms with Gasteiger partial charge in [-0.1, -0.05) is 11.3 Å². The minimum Gasteiger partial charge on any atom is -0.399 e. The summed E-state index contributed by atoms with van der Waals surface area (Å²) in [7, 11) is 0. The number of thiazole rings is 1. The number of nitrogens with zero attached hydrogens (tertiary/aromatic N) is 1. The summed E-state index contributed by atoms with van der Waals surface area (Å²) in [6.07, 6.45) is 0. The van der Waals surface area contributed by atoms with Crippen LogP contribution in [0.5, 0.6) is 0 Å². The Morgan fingerprint density at radius 3 is 2.84 bits per heavy atom. The van der Waals surface area contributed by atoms with Gasteiger partial charge in [0.2, 0.25) is 0 Å². The number of aromatic nitrogens is 1. The quantitative estimate of drug-likeness (QED) is 0.692. The number of anilines is 3. The van der Waals surface area contributed by atoms with Crippen molar-refractivity contribution in [3.8, 4) is 0 Å². The fourth-order valence-electron chi connectivity index (χ4n) is 1.93. The fraction of sp³-hybridized carbons (Fsp3) is 0.0714. The first kappa shape index (κ1) is 11.9. The monoisotopic (exact) mass is 273 g/mol.